The number of hydrogen-bond acceptors (Lipinski definition) is 3. The molecule has 2 rings (SSSR count). The number of alkyl halides is 3. The molecular formula is C12H13F3N4. The molecule has 0 aliphatic carbocycles. The van der Waals surface area contributed by atoms with Crippen LogP contribution in [0.2, 0.25) is 0 Å². The van der Waals surface area contributed by atoms with Crippen molar-refractivity contribution < 1.29 is 13.2 Å². The molecule has 7 heteroatoms. The lowest BCUT2D eigenvalue weighted by molar-refractivity contribution is -0.137. The SMILES string of the molecule is CC(Cn1cccn1)Nc1cc(C(F)(F)F)ccn1. The smallest absolute Gasteiger partial charge is 0.366 e. The lowest BCUT2D eigenvalue weighted by atomic mass is 10.2. The Labute approximate surface area is 108 Å². The van der Waals surface area contributed by atoms with Gasteiger partial charge in [-0.15, -0.1) is 0 Å². The van der Waals surface area contributed by atoms with Gasteiger partial charge in [-0.1, -0.05) is 0 Å². The van der Waals surface area contributed by atoms with Gasteiger partial charge in [0.05, 0.1) is 12.1 Å². The molecule has 0 saturated carbocycles. The van der Waals surface area contributed by atoms with Crippen molar-refractivity contribution in [1.29, 1.82) is 0 Å². The largest absolute Gasteiger partial charge is 0.416 e. The third-order valence-electron chi connectivity index (χ3n) is 2.50. The van der Waals surface area contributed by atoms with Gasteiger partial charge in [-0.2, -0.15) is 18.3 Å². The second-order valence-corrected chi connectivity index (χ2v) is 4.20. The van der Waals surface area contributed by atoms with E-state index in [-0.39, 0.29) is 11.9 Å². The number of rotatable bonds is 4. The number of nitrogens with zero attached hydrogens (tertiary/aromatic N) is 3. The number of anilines is 1. The summed E-state index contributed by atoms with van der Waals surface area (Å²) >= 11 is 0. The van der Waals surface area contributed by atoms with Crippen molar-refractivity contribution >= 4 is 5.82 Å². The van der Waals surface area contributed by atoms with Gasteiger partial charge in [0.15, 0.2) is 0 Å². The Kier molecular flexibility index (Phi) is 3.73. The molecule has 0 aliphatic heterocycles. The Bertz CT molecular complexity index is 522. The van der Waals surface area contributed by atoms with E-state index in [2.05, 4.69) is 15.4 Å². The number of pyridine rings is 1. The third-order valence-corrected chi connectivity index (χ3v) is 2.50. The second-order valence-electron chi connectivity index (χ2n) is 4.20. The summed E-state index contributed by atoms with van der Waals surface area (Å²) in [5, 5.41) is 6.95. The number of halogens is 3. The third kappa shape index (κ3) is 3.70. The maximum absolute atomic E-state index is 12.5. The summed E-state index contributed by atoms with van der Waals surface area (Å²) in [6, 6.07) is 3.65. The minimum absolute atomic E-state index is 0.0871. The maximum atomic E-state index is 12.5. The van der Waals surface area contributed by atoms with E-state index in [1.807, 2.05) is 6.92 Å². The quantitative estimate of drug-likeness (QED) is 0.929. The van der Waals surface area contributed by atoms with Gasteiger partial charge in [-0.25, -0.2) is 4.98 Å². The zero-order valence-corrected chi connectivity index (χ0v) is 10.2. The predicted molar refractivity (Wildman–Crippen MR) is 64.6 cm³/mol. The highest BCUT2D eigenvalue weighted by molar-refractivity contribution is 5.39. The van der Waals surface area contributed by atoms with E-state index >= 15 is 0 Å². The molecule has 0 aliphatic rings. The summed E-state index contributed by atoms with van der Waals surface area (Å²) in [5.41, 5.74) is -0.712. The van der Waals surface area contributed by atoms with Crippen LogP contribution in [0.1, 0.15) is 12.5 Å². The summed E-state index contributed by atoms with van der Waals surface area (Å²) in [7, 11) is 0. The Morgan fingerprint density at radius 3 is 2.79 bits per heavy atom. The number of aromatic nitrogens is 3. The van der Waals surface area contributed by atoms with Gasteiger partial charge in [-0.05, 0) is 25.1 Å². The predicted octanol–water partition coefficient (Wildman–Crippen LogP) is 2.80. The van der Waals surface area contributed by atoms with Crippen molar-refractivity contribution in [3.63, 3.8) is 0 Å². The molecule has 4 nitrogen and oxygen atoms in total. The lowest BCUT2D eigenvalue weighted by Gasteiger charge is -2.15. The van der Waals surface area contributed by atoms with E-state index in [1.165, 1.54) is 0 Å². The average Bonchev–Trinajstić information content (AvgIpc) is 2.80. The molecule has 1 atom stereocenters. The van der Waals surface area contributed by atoms with Crippen LogP contribution in [0.3, 0.4) is 0 Å². The Morgan fingerprint density at radius 2 is 2.16 bits per heavy atom. The van der Waals surface area contributed by atoms with Crippen LogP contribution < -0.4 is 5.32 Å². The maximum Gasteiger partial charge on any atom is 0.416 e. The van der Waals surface area contributed by atoms with E-state index in [0.29, 0.717) is 6.54 Å². The van der Waals surface area contributed by atoms with Gasteiger partial charge in [0.25, 0.3) is 0 Å². The molecule has 1 unspecified atom stereocenters. The molecule has 0 amide bonds. The highest BCUT2D eigenvalue weighted by Crippen LogP contribution is 2.29. The standard InChI is InChI=1S/C12H13F3N4/c1-9(8-19-6-2-4-17-19)18-11-7-10(3-5-16-11)12(13,14)15/h2-7,9H,8H2,1H3,(H,16,18). The topological polar surface area (TPSA) is 42.7 Å². The van der Waals surface area contributed by atoms with E-state index < -0.39 is 11.7 Å². The van der Waals surface area contributed by atoms with Crippen LogP contribution in [0, 0.1) is 0 Å². The zero-order valence-electron chi connectivity index (χ0n) is 10.2. The van der Waals surface area contributed by atoms with Gasteiger partial charge >= 0.3 is 6.18 Å². The summed E-state index contributed by atoms with van der Waals surface area (Å²) in [4.78, 5) is 3.88. The first kappa shape index (κ1) is 13.4. The fourth-order valence-electron chi connectivity index (χ4n) is 1.67. The Morgan fingerprint density at radius 1 is 1.37 bits per heavy atom. The van der Waals surface area contributed by atoms with Gasteiger partial charge < -0.3 is 5.32 Å². The summed E-state index contributed by atoms with van der Waals surface area (Å²) in [6.45, 7) is 2.40. The molecule has 0 bridgehead atoms. The zero-order chi connectivity index (χ0) is 13.9. The van der Waals surface area contributed by atoms with Crippen LogP contribution in [-0.4, -0.2) is 20.8 Å². The first-order chi connectivity index (χ1) is 8.95. The second kappa shape index (κ2) is 5.29. The molecule has 0 fully saturated rings. The monoisotopic (exact) mass is 270 g/mol. The number of hydrogen-bond donors (Lipinski definition) is 1. The van der Waals surface area contributed by atoms with Crippen LogP contribution in [0.4, 0.5) is 19.0 Å². The first-order valence-corrected chi connectivity index (χ1v) is 5.72. The molecule has 0 saturated heterocycles. The van der Waals surface area contributed by atoms with Crippen LogP contribution in [0.15, 0.2) is 36.8 Å². The van der Waals surface area contributed by atoms with Crippen molar-refractivity contribution in [3.8, 4) is 0 Å². The van der Waals surface area contributed by atoms with Gasteiger partial charge in [0.1, 0.15) is 5.82 Å². The van der Waals surface area contributed by atoms with E-state index in [9.17, 15) is 13.2 Å². The molecule has 2 heterocycles. The van der Waals surface area contributed by atoms with Gasteiger partial charge in [0.2, 0.25) is 0 Å². The molecule has 0 radical (unpaired) electrons. The van der Waals surface area contributed by atoms with Crippen LogP contribution in [-0.2, 0) is 12.7 Å². The Balaban J connectivity index is 2.03. The van der Waals surface area contributed by atoms with Crippen molar-refractivity contribution in [2.45, 2.75) is 25.7 Å². The molecule has 102 valence electrons. The first-order valence-electron chi connectivity index (χ1n) is 5.72. The van der Waals surface area contributed by atoms with Crippen molar-refractivity contribution in [1.82, 2.24) is 14.8 Å². The van der Waals surface area contributed by atoms with Crippen molar-refractivity contribution in [2.75, 3.05) is 5.32 Å². The average molecular weight is 270 g/mol. The van der Waals surface area contributed by atoms with Crippen molar-refractivity contribution in [2.24, 2.45) is 0 Å². The fourth-order valence-corrected chi connectivity index (χ4v) is 1.67. The molecule has 2 aromatic heterocycles. The van der Waals surface area contributed by atoms with Gasteiger partial charge in [0, 0.05) is 24.6 Å². The molecule has 2 aromatic rings. The van der Waals surface area contributed by atoms with E-state index in [1.54, 1.807) is 23.1 Å². The summed E-state index contributed by atoms with van der Waals surface area (Å²) < 4.78 is 39.3. The van der Waals surface area contributed by atoms with Crippen LogP contribution in [0.25, 0.3) is 0 Å². The van der Waals surface area contributed by atoms with Crippen LogP contribution in [0.5, 0.6) is 0 Å². The summed E-state index contributed by atoms with van der Waals surface area (Å²) in [6.07, 6.45) is 0.226. The summed E-state index contributed by atoms with van der Waals surface area (Å²) in [5.74, 6) is 0.203. The van der Waals surface area contributed by atoms with Crippen molar-refractivity contribution in [3.05, 3.63) is 42.4 Å². The van der Waals surface area contributed by atoms with E-state index in [0.717, 1.165) is 18.3 Å². The molecule has 19 heavy (non-hydrogen) atoms. The molecule has 0 spiro atoms. The van der Waals surface area contributed by atoms with Crippen LogP contribution >= 0.6 is 0 Å². The molecule has 1 N–H and O–H groups in total. The molecule has 0 aromatic carbocycles. The Hall–Kier alpha value is -2.05. The lowest BCUT2D eigenvalue weighted by Crippen LogP contribution is -2.23. The number of nitrogens with one attached hydrogen (secondary N) is 1. The highest BCUT2D eigenvalue weighted by Gasteiger charge is 2.30. The minimum Gasteiger partial charge on any atom is -0.366 e. The van der Waals surface area contributed by atoms with Gasteiger partial charge in [-0.3, -0.25) is 4.68 Å². The van der Waals surface area contributed by atoms with E-state index in [4.69, 9.17) is 0 Å². The molecular weight excluding hydrogens is 257 g/mol. The fraction of sp³-hybridized carbons (Fsp3) is 0.333. The highest BCUT2D eigenvalue weighted by atomic mass is 19.4. The minimum atomic E-state index is -4.36. The normalized spacial score (nSPS) is 13.3.